The molecular formula is C18H20N2O4. The summed E-state index contributed by atoms with van der Waals surface area (Å²) in [4.78, 5) is 26.8. The number of hydrogen-bond donors (Lipinski definition) is 0. The molecule has 1 aromatic carbocycles. The van der Waals surface area contributed by atoms with Gasteiger partial charge in [0.15, 0.2) is 17.2 Å². The Morgan fingerprint density at radius 1 is 1.33 bits per heavy atom. The van der Waals surface area contributed by atoms with Crippen molar-refractivity contribution in [2.75, 3.05) is 13.7 Å². The van der Waals surface area contributed by atoms with Crippen molar-refractivity contribution in [1.82, 2.24) is 10.1 Å². The molecule has 1 aliphatic heterocycles. The van der Waals surface area contributed by atoms with Crippen LogP contribution >= 0.6 is 0 Å². The van der Waals surface area contributed by atoms with Gasteiger partial charge in [-0.2, -0.15) is 0 Å². The highest BCUT2D eigenvalue weighted by molar-refractivity contribution is 5.97. The molecular weight excluding hydrogens is 308 g/mol. The molecule has 0 spiro atoms. The second-order valence-corrected chi connectivity index (χ2v) is 5.90. The van der Waals surface area contributed by atoms with Crippen LogP contribution < -0.4 is 0 Å². The zero-order chi connectivity index (χ0) is 16.9. The second kappa shape index (κ2) is 7.40. The summed E-state index contributed by atoms with van der Waals surface area (Å²) in [5.41, 5.74) is 0.946. The van der Waals surface area contributed by atoms with Gasteiger partial charge in [-0.1, -0.05) is 35.5 Å². The van der Waals surface area contributed by atoms with E-state index in [4.69, 9.17) is 9.26 Å². The molecule has 1 aromatic heterocycles. The Balaban J connectivity index is 1.68. The van der Waals surface area contributed by atoms with Gasteiger partial charge in [-0.15, -0.1) is 0 Å². The van der Waals surface area contributed by atoms with Crippen LogP contribution in [-0.4, -0.2) is 41.4 Å². The lowest BCUT2D eigenvalue weighted by Crippen LogP contribution is -2.37. The monoisotopic (exact) mass is 328 g/mol. The maximum Gasteiger partial charge on any atom is 0.276 e. The summed E-state index contributed by atoms with van der Waals surface area (Å²) >= 11 is 0. The third-order valence-electron chi connectivity index (χ3n) is 4.22. The first-order chi connectivity index (χ1) is 11.7. The zero-order valence-electron chi connectivity index (χ0n) is 13.6. The predicted molar refractivity (Wildman–Crippen MR) is 86.7 cm³/mol. The first kappa shape index (κ1) is 16.4. The second-order valence-electron chi connectivity index (χ2n) is 5.90. The Morgan fingerprint density at radius 2 is 2.12 bits per heavy atom. The van der Waals surface area contributed by atoms with Gasteiger partial charge in [0.25, 0.3) is 5.91 Å². The summed E-state index contributed by atoms with van der Waals surface area (Å²) in [5, 5.41) is 3.82. The van der Waals surface area contributed by atoms with Crippen LogP contribution in [0.15, 0.2) is 40.9 Å². The number of amides is 1. The van der Waals surface area contributed by atoms with Crippen LogP contribution in [0.3, 0.4) is 0 Å². The lowest BCUT2D eigenvalue weighted by atomic mass is 10.0. The van der Waals surface area contributed by atoms with E-state index in [1.807, 2.05) is 18.2 Å². The molecule has 6 nitrogen and oxygen atoms in total. The Kier molecular flexibility index (Phi) is 5.05. The molecule has 1 saturated heterocycles. The summed E-state index contributed by atoms with van der Waals surface area (Å²) in [6.45, 7) is 0.911. The molecule has 3 rings (SSSR count). The average Bonchev–Trinajstić information content (AvgIpc) is 3.25. The number of likely N-dealkylation sites (tertiary alicyclic amines) is 1. The van der Waals surface area contributed by atoms with E-state index in [0.29, 0.717) is 24.3 Å². The molecule has 1 unspecified atom stereocenters. The summed E-state index contributed by atoms with van der Waals surface area (Å²) < 4.78 is 10.0. The molecule has 0 bridgehead atoms. The molecule has 126 valence electrons. The molecule has 1 aliphatic rings. The highest BCUT2D eigenvalue weighted by Gasteiger charge is 2.32. The van der Waals surface area contributed by atoms with E-state index in [1.165, 1.54) is 0 Å². The number of hydrogen-bond acceptors (Lipinski definition) is 5. The van der Waals surface area contributed by atoms with E-state index in [1.54, 1.807) is 30.2 Å². The molecule has 1 amide bonds. The van der Waals surface area contributed by atoms with Gasteiger partial charge in [0.05, 0.1) is 0 Å². The molecule has 0 radical (unpaired) electrons. The molecule has 2 aromatic rings. The smallest absolute Gasteiger partial charge is 0.276 e. The fraction of sp³-hybridized carbons (Fsp3) is 0.389. The van der Waals surface area contributed by atoms with Gasteiger partial charge >= 0.3 is 0 Å². The van der Waals surface area contributed by atoms with Crippen LogP contribution in [0.1, 0.15) is 45.9 Å². The average molecular weight is 328 g/mol. The summed E-state index contributed by atoms with van der Waals surface area (Å²) in [6.07, 6.45) is 2.05. The van der Waals surface area contributed by atoms with Gasteiger partial charge in [-0.05, 0) is 12.8 Å². The largest absolute Gasteiger partial charge is 0.377 e. The van der Waals surface area contributed by atoms with Crippen molar-refractivity contribution in [3.63, 3.8) is 0 Å². The number of aromatic nitrogens is 1. The fourth-order valence-electron chi connectivity index (χ4n) is 3.04. The summed E-state index contributed by atoms with van der Waals surface area (Å²) in [7, 11) is 1.55. The third kappa shape index (κ3) is 3.54. The van der Waals surface area contributed by atoms with Crippen molar-refractivity contribution in [3.05, 3.63) is 53.4 Å². The number of ketones is 1. The number of nitrogens with zero attached hydrogens (tertiary/aromatic N) is 2. The summed E-state index contributed by atoms with van der Waals surface area (Å²) in [5.74, 6) is 0.377. The van der Waals surface area contributed by atoms with E-state index in [-0.39, 0.29) is 30.0 Å². The fourth-order valence-corrected chi connectivity index (χ4v) is 3.04. The number of Topliss-reactive ketones (excluding diaryl/α,β-unsaturated/α-hetero) is 1. The quantitative estimate of drug-likeness (QED) is 0.762. The summed E-state index contributed by atoms with van der Waals surface area (Å²) in [6, 6.07) is 10.7. The molecule has 0 saturated carbocycles. The van der Waals surface area contributed by atoms with E-state index in [0.717, 1.165) is 12.8 Å². The van der Waals surface area contributed by atoms with Gasteiger partial charge in [0, 0.05) is 37.7 Å². The highest BCUT2D eigenvalue weighted by Crippen LogP contribution is 2.24. The van der Waals surface area contributed by atoms with Crippen molar-refractivity contribution in [1.29, 1.82) is 0 Å². The number of benzene rings is 1. The van der Waals surface area contributed by atoms with Crippen LogP contribution in [0.5, 0.6) is 0 Å². The number of ether oxygens (including phenoxy) is 1. The van der Waals surface area contributed by atoms with Crippen molar-refractivity contribution in [2.45, 2.75) is 31.9 Å². The topological polar surface area (TPSA) is 72.6 Å². The minimum Gasteiger partial charge on any atom is -0.377 e. The van der Waals surface area contributed by atoms with E-state index in [2.05, 4.69) is 5.16 Å². The number of methoxy groups -OCH3 is 1. The van der Waals surface area contributed by atoms with Gasteiger partial charge in [0.2, 0.25) is 0 Å². The zero-order valence-corrected chi connectivity index (χ0v) is 13.6. The van der Waals surface area contributed by atoms with E-state index >= 15 is 0 Å². The molecule has 0 aliphatic carbocycles. The number of rotatable bonds is 6. The molecule has 6 heteroatoms. The first-order valence-electron chi connectivity index (χ1n) is 8.03. The lowest BCUT2D eigenvalue weighted by molar-refractivity contribution is 0.0707. The normalized spacial score (nSPS) is 17.2. The Hall–Kier alpha value is -2.47. The Morgan fingerprint density at radius 3 is 2.88 bits per heavy atom. The van der Waals surface area contributed by atoms with Gasteiger partial charge < -0.3 is 14.2 Å². The van der Waals surface area contributed by atoms with Crippen molar-refractivity contribution in [2.24, 2.45) is 0 Å². The maximum absolute atomic E-state index is 12.6. The van der Waals surface area contributed by atoms with Crippen molar-refractivity contribution in [3.8, 4) is 0 Å². The number of carbonyl (C=O) groups is 2. The maximum atomic E-state index is 12.6. The van der Waals surface area contributed by atoms with Gasteiger partial charge in [-0.3, -0.25) is 9.59 Å². The molecule has 2 heterocycles. The van der Waals surface area contributed by atoms with Crippen LogP contribution in [0, 0.1) is 0 Å². The number of carbonyl (C=O) groups excluding carboxylic acids is 2. The highest BCUT2D eigenvalue weighted by atomic mass is 16.5. The molecule has 1 atom stereocenters. The van der Waals surface area contributed by atoms with Crippen LogP contribution in [-0.2, 0) is 11.3 Å². The van der Waals surface area contributed by atoms with E-state index < -0.39 is 0 Å². The minimum absolute atomic E-state index is 0.0560. The van der Waals surface area contributed by atoms with Crippen LogP contribution in [0.4, 0.5) is 0 Å². The van der Waals surface area contributed by atoms with Crippen LogP contribution in [0.2, 0.25) is 0 Å². The van der Waals surface area contributed by atoms with Gasteiger partial charge in [0.1, 0.15) is 6.61 Å². The van der Waals surface area contributed by atoms with E-state index in [9.17, 15) is 9.59 Å². The predicted octanol–water partition coefficient (Wildman–Crippen LogP) is 2.70. The minimum atomic E-state index is -0.190. The lowest BCUT2D eigenvalue weighted by Gasteiger charge is -2.23. The van der Waals surface area contributed by atoms with Gasteiger partial charge in [-0.25, -0.2) is 0 Å². The SMILES string of the molecule is COCc1cc(C(=O)N2CCCC2CC(=O)c2ccccc2)no1. The molecule has 1 fully saturated rings. The molecule has 24 heavy (non-hydrogen) atoms. The Labute approximate surface area is 140 Å². The standard InChI is InChI=1S/C18H20N2O4/c1-23-12-15-11-16(19-24-15)18(22)20-9-5-8-14(20)10-17(21)13-6-3-2-4-7-13/h2-4,6-7,11,14H,5,8-10,12H2,1H3. The van der Waals surface area contributed by atoms with Crippen LogP contribution in [0.25, 0.3) is 0 Å². The Bertz CT molecular complexity index is 711. The third-order valence-corrected chi connectivity index (χ3v) is 4.22. The van der Waals surface area contributed by atoms with Crippen molar-refractivity contribution >= 4 is 11.7 Å². The van der Waals surface area contributed by atoms with Crippen molar-refractivity contribution < 1.29 is 18.8 Å². The first-order valence-corrected chi connectivity index (χ1v) is 8.03. The molecule has 0 N–H and O–H groups in total.